The average Bonchev–Trinajstić information content (AvgIpc) is 2.81. The molecule has 0 aliphatic heterocycles. The Labute approximate surface area is 106 Å². The average molecular weight is 273 g/mol. The zero-order chi connectivity index (χ0) is 13.2. The molecular weight excluding hydrogens is 263 g/mol. The minimum Gasteiger partial charge on any atom is -0.339 e. The normalized spacial score (nSPS) is 11.8. The van der Waals surface area contributed by atoms with Crippen molar-refractivity contribution in [1.29, 1.82) is 0 Å². The van der Waals surface area contributed by atoms with Gasteiger partial charge in [-0.25, -0.2) is 4.98 Å². The van der Waals surface area contributed by atoms with E-state index in [9.17, 15) is 13.2 Å². The summed E-state index contributed by atoms with van der Waals surface area (Å²) in [4.78, 5) is 7.54. The number of hydrogen-bond acceptors (Lipinski definition) is 3. The second-order valence-corrected chi connectivity index (χ2v) is 4.55. The zero-order valence-corrected chi connectivity index (χ0v) is 9.98. The van der Waals surface area contributed by atoms with Gasteiger partial charge in [0.1, 0.15) is 0 Å². The number of nitrogens with zero attached hydrogens (tertiary/aromatic N) is 1. The number of alkyl halides is 3. The number of nitrogens with one attached hydrogen (secondary N) is 1. The molecule has 0 unspecified atom stereocenters. The topological polar surface area (TPSA) is 54.7 Å². The predicted octanol–water partition coefficient (Wildman–Crippen LogP) is 3.04. The standard InChI is InChI=1S/C11H10F3N3S/c12-11(13,14)8-1-2-9(7(5-8)6-15)18-10-16-3-4-17-10/h1-5H,6,15H2,(H,16,17). The van der Waals surface area contributed by atoms with Crippen molar-refractivity contribution in [2.24, 2.45) is 5.73 Å². The zero-order valence-electron chi connectivity index (χ0n) is 9.16. The highest BCUT2D eigenvalue weighted by molar-refractivity contribution is 7.99. The highest BCUT2D eigenvalue weighted by atomic mass is 32.2. The van der Waals surface area contributed by atoms with E-state index in [1.165, 1.54) is 17.8 Å². The van der Waals surface area contributed by atoms with Crippen LogP contribution in [0.15, 0.2) is 40.6 Å². The van der Waals surface area contributed by atoms with Crippen LogP contribution in [0.5, 0.6) is 0 Å². The molecule has 0 atom stereocenters. The van der Waals surface area contributed by atoms with E-state index in [1.54, 1.807) is 12.4 Å². The minimum atomic E-state index is -4.35. The Hall–Kier alpha value is -1.47. The van der Waals surface area contributed by atoms with Gasteiger partial charge in [-0.2, -0.15) is 13.2 Å². The van der Waals surface area contributed by atoms with Gasteiger partial charge in [0.05, 0.1) is 5.56 Å². The van der Waals surface area contributed by atoms with E-state index in [1.807, 2.05) is 0 Å². The lowest BCUT2D eigenvalue weighted by atomic mass is 10.1. The highest BCUT2D eigenvalue weighted by Crippen LogP contribution is 2.34. The molecule has 18 heavy (non-hydrogen) atoms. The Morgan fingerprint density at radius 2 is 2.11 bits per heavy atom. The van der Waals surface area contributed by atoms with Gasteiger partial charge in [-0.1, -0.05) is 11.8 Å². The van der Waals surface area contributed by atoms with E-state index >= 15 is 0 Å². The largest absolute Gasteiger partial charge is 0.416 e. The molecule has 3 nitrogen and oxygen atoms in total. The van der Waals surface area contributed by atoms with Crippen LogP contribution in [0.25, 0.3) is 0 Å². The molecule has 96 valence electrons. The lowest BCUT2D eigenvalue weighted by Crippen LogP contribution is -2.07. The maximum Gasteiger partial charge on any atom is 0.416 e. The highest BCUT2D eigenvalue weighted by Gasteiger charge is 2.30. The van der Waals surface area contributed by atoms with E-state index < -0.39 is 11.7 Å². The van der Waals surface area contributed by atoms with Crippen LogP contribution in [0.3, 0.4) is 0 Å². The second kappa shape index (κ2) is 5.03. The molecular formula is C11H10F3N3S. The van der Waals surface area contributed by atoms with Gasteiger partial charge in [-0.3, -0.25) is 0 Å². The molecule has 0 aliphatic rings. The predicted molar refractivity (Wildman–Crippen MR) is 62.0 cm³/mol. The molecule has 0 amide bonds. The van der Waals surface area contributed by atoms with Crippen molar-refractivity contribution in [2.75, 3.05) is 0 Å². The summed E-state index contributed by atoms with van der Waals surface area (Å²) >= 11 is 1.25. The second-order valence-electron chi connectivity index (χ2n) is 3.52. The Bertz CT molecular complexity index is 523. The van der Waals surface area contributed by atoms with Gasteiger partial charge >= 0.3 is 6.18 Å². The molecule has 0 saturated carbocycles. The SMILES string of the molecule is NCc1cc(C(F)(F)F)ccc1Sc1ncc[nH]1. The first kappa shape index (κ1) is 13.0. The van der Waals surface area contributed by atoms with E-state index in [4.69, 9.17) is 5.73 Å². The van der Waals surface area contributed by atoms with Crippen LogP contribution in [0, 0.1) is 0 Å². The number of aromatic amines is 1. The number of aromatic nitrogens is 2. The number of imidazole rings is 1. The molecule has 0 radical (unpaired) electrons. The summed E-state index contributed by atoms with van der Waals surface area (Å²) in [6.07, 6.45) is -1.12. The Kier molecular flexibility index (Phi) is 3.63. The van der Waals surface area contributed by atoms with Crippen molar-refractivity contribution in [1.82, 2.24) is 9.97 Å². The smallest absolute Gasteiger partial charge is 0.339 e. The van der Waals surface area contributed by atoms with Gasteiger partial charge in [0, 0.05) is 23.8 Å². The maximum atomic E-state index is 12.5. The van der Waals surface area contributed by atoms with Crippen LogP contribution in [0.2, 0.25) is 0 Å². The number of halogens is 3. The van der Waals surface area contributed by atoms with E-state index in [2.05, 4.69) is 9.97 Å². The maximum absolute atomic E-state index is 12.5. The summed E-state index contributed by atoms with van der Waals surface area (Å²) in [6, 6.07) is 3.54. The monoisotopic (exact) mass is 273 g/mol. The first-order valence-corrected chi connectivity index (χ1v) is 5.90. The van der Waals surface area contributed by atoms with Crippen molar-refractivity contribution in [3.05, 3.63) is 41.7 Å². The lowest BCUT2D eigenvalue weighted by molar-refractivity contribution is -0.137. The fraction of sp³-hybridized carbons (Fsp3) is 0.182. The third-order valence-electron chi connectivity index (χ3n) is 2.29. The van der Waals surface area contributed by atoms with Crippen LogP contribution in [0.1, 0.15) is 11.1 Å². The summed E-state index contributed by atoms with van der Waals surface area (Å²) in [7, 11) is 0. The van der Waals surface area contributed by atoms with Gasteiger partial charge in [0.2, 0.25) is 0 Å². The number of benzene rings is 1. The molecule has 1 aromatic heterocycles. The number of nitrogens with two attached hydrogens (primary N) is 1. The van der Waals surface area contributed by atoms with Crippen molar-refractivity contribution < 1.29 is 13.2 Å². The van der Waals surface area contributed by atoms with E-state index in [0.29, 0.717) is 15.6 Å². The van der Waals surface area contributed by atoms with Crippen LogP contribution in [-0.4, -0.2) is 9.97 Å². The summed E-state index contributed by atoms with van der Waals surface area (Å²) in [5, 5.41) is 0.615. The summed E-state index contributed by atoms with van der Waals surface area (Å²) in [6.45, 7) is 0.0486. The Morgan fingerprint density at radius 1 is 1.33 bits per heavy atom. The van der Waals surface area contributed by atoms with Gasteiger partial charge < -0.3 is 10.7 Å². The van der Waals surface area contributed by atoms with Gasteiger partial charge in [0.25, 0.3) is 0 Å². The molecule has 0 bridgehead atoms. The minimum absolute atomic E-state index is 0.0486. The van der Waals surface area contributed by atoms with Crippen LogP contribution >= 0.6 is 11.8 Å². The van der Waals surface area contributed by atoms with Crippen LogP contribution < -0.4 is 5.73 Å². The molecule has 0 fully saturated rings. The number of H-pyrrole nitrogens is 1. The molecule has 0 saturated heterocycles. The van der Waals surface area contributed by atoms with Crippen LogP contribution in [0.4, 0.5) is 13.2 Å². The van der Waals surface area contributed by atoms with Gasteiger partial charge in [-0.05, 0) is 23.8 Å². The molecule has 2 aromatic rings. The Balaban J connectivity index is 2.32. The number of rotatable bonds is 3. The lowest BCUT2D eigenvalue weighted by Gasteiger charge is -2.11. The van der Waals surface area contributed by atoms with Crippen molar-refractivity contribution in [3.63, 3.8) is 0 Å². The molecule has 1 heterocycles. The van der Waals surface area contributed by atoms with E-state index in [-0.39, 0.29) is 6.54 Å². The fourth-order valence-corrected chi connectivity index (χ4v) is 2.28. The molecule has 2 rings (SSSR count). The summed E-state index contributed by atoms with van der Waals surface area (Å²) in [5.41, 5.74) is 5.24. The van der Waals surface area contributed by atoms with Crippen LogP contribution in [-0.2, 0) is 12.7 Å². The van der Waals surface area contributed by atoms with Crippen molar-refractivity contribution in [2.45, 2.75) is 22.8 Å². The summed E-state index contributed by atoms with van der Waals surface area (Å²) < 4.78 is 37.6. The molecule has 7 heteroatoms. The first-order chi connectivity index (χ1) is 8.50. The summed E-state index contributed by atoms with van der Waals surface area (Å²) in [5.74, 6) is 0. The third kappa shape index (κ3) is 2.85. The third-order valence-corrected chi connectivity index (χ3v) is 3.32. The molecule has 3 N–H and O–H groups in total. The molecule has 0 aliphatic carbocycles. The first-order valence-electron chi connectivity index (χ1n) is 5.08. The molecule has 0 spiro atoms. The molecule has 1 aromatic carbocycles. The van der Waals surface area contributed by atoms with E-state index in [0.717, 1.165) is 12.1 Å². The quantitative estimate of drug-likeness (QED) is 0.903. The van der Waals surface area contributed by atoms with Gasteiger partial charge in [0.15, 0.2) is 5.16 Å². The van der Waals surface area contributed by atoms with Crippen molar-refractivity contribution in [3.8, 4) is 0 Å². The fourth-order valence-electron chi connectivity index (χ4n) is 1.43. The van der Waals surface area contributed by atoms with Crippen molar-refractivity contribution >= 4 is 11.8 Å². The Morgan fingerprint density at radius 3 is 2.67 bits per heavy atom. The van der Waals surface area contributed by atoms with Gasteiger partial charge in [-0.15, -0.1) is 0 Å². The number of hydrogen-bond donors (Lipinski definition) is 2.